The molecular formula is C16H15BrN2O3. The number of benzene rings is 2. The number of halogens is 1. The van der Waals surface area contributed by atoms with Crippen LogP contribution in [0.25, 0.3) is 0 Å². The minimum absolute atomic E-state index is 0.294. The second-order valence-corrected chi connectivity index (χ2v) is 5.17. The van der Waals surface area contributed by atoms with Crippen LogP contribution in [-0.4, -0.2) is 26.3 Å². The third-order valence-electron chi connectivity index (χ3n) is 2.93. The van der Waals surface area contributed by atoms with E-state index in [0.717, 1.165) is 10.0 Å². The molecule has 0 aliphatic heterocycles. The van der Waals surface area contributed by atoms with E-state index >= 15 is 0 Å². The number of hydrogen-bond acceptors (Lipinski definition) is 4. The number of rotatable bonds is 5. The fourth-order valence-corrected chi connectivity index (χ4v) is 2.06. The van der Waals surface area contributed by atoms with Crippen LogP contribution in [0.3, 0.4) is 0 Å². The highest BCUT2D eigenvalue weighted by Gasteiger charge is 2.04. The van der Waals surface area contributed by atoms with Crippen molar-refractivity contribution in [1.82, 2.24) is 5.43 Å². The van der Waals surface area contributed by atoms with Crippen LogP contribution in [0, 0.1) is 0 Å². The number of carbonyl (C=O) groups excluding carboxylic acids is 1. The summed E-state index contributed by atoms with van der Waals surface area (Å²) < 4.78 is 11.0. The topological polar surface area (TPSA) is 59.9 Å². The number of hydrogen-bond donors (Lipinski definition) is 1. The SMILES string of the molecule is COc1ccc(C(=O)N/N=C\c2cc(OC)ccc2Br)cc1. The summed E-state index contributed by atoms with van der Waals surface area (Å²) in [6.07, 6.45) is 1.55. The number of hydrazone groups is 1. The molecule has 0 heterocycles. The van der Waals surface area contributed by atoms with E-state index < -0.39 is 0 Å². The van der Waals surface area contributed by atoms with Crippen LogP contribution < -0.4 is 14.9 Å². The van der Waals surface area contributed by atoms with Crippen molar-refractivity contribution >= 4 is 28.1 Å². The first kappa shape index (κ1) is 16.0. The van der Waals surface area contributed by atoms with E-state index in [4.69, 9.17) is 9.47 Å². The summed E-state index contributed by atoms with van der Waals surface area (Å²) in [4.78, 5) is 11.9. The Hall–Kier alpha value is -2.34. The minimum atomic E-state index is -0.294. The molecule has 0 unspecified atom stereocenters. The highest BCUT2D eigenvalue weighted by molar-refractivity contribution is 9.10. The predicted octanol–water partition coefficient (Wildman–Crippen LogP) is 3.23. The Labute approximate surface area is 137 Å². The largest absolute Gasteiger partial charge is 0.497 e. The lowest BCUT2D eigenvalue weighted by Gasteiger charge is -2.04. The van der Waals surface area contributed by atoms with Gasteiger partial charge in [-0.2, -0.15) is 5.10 Å². The zero-order valence-electron chi connectivity index (χ0n) is 12.2. The predicted molar refractivity (Wildman–Crippen MR) is 88.7 cm³/mol. The number of carbonyl (C=O) groups is 1. The number of nitrogens with one attached hydrogen (secondary N) is 1. The summed E-state index contributed by atoms with van der Waals surface area (Å²) >= 11 is 3.41. The van der Waals surface area contributed by atoms with Gasteiger partial charge in [0.05, 0.1) is 20.4 Å². The Morgan fingerprint density at radius 2 is 1.73 bits per heavy atom. The second kappa shape index (κ2) is 7.61. The molecule has 1 amide bonds. The van der Waals surface area contributed by atoms with Gasteiger partial charge >= 0.3 is 0 Å². The normalized spacial score (nSPS) is 10.5. The van der Waals surface area contributed by atoms with Gasteiger partial charge < -0.3 is 9.47 Å². The zero-order chi connectivity index (χ0) is 15.9. The highest BCUT2D eigenvalue weighted by atomic mass is 79.9. The molecule has 0 spiro atoms. The van der Waals surface area contributed by atoms with Crippen molar-refractivity contribution < 1.29 is 14.3 Å². The zero-order valence-corrected chi connectivity index (χ0v) is 13.8. The molecule has 0 saturated carbocycles. The Balaban J connectivity index is 2.03. The van der Waals surface area contributed by atoms with Crippen molar-refractivity contribution in [3.05, 3.63) is 58.1 Å². The highest BCUT2D eigenvalue weighted by Crippen LogP contribution is 2.20. The summed E-state index contributed by atoms with van der Waals surface area (Å²) in [5, 5.41) is 3.96. The van der Waals surface area contributed by atoms with Gasteiger partial charge in [-0.1, -0.05) is 15.9 Å². The van der Waals surface area contributed by atoms with Gasteiger partial charge in [0.1, 0.15) is 11.5 Å². The van der Waals surface area contributed by atoms with Gasteiger partial charge in [-0.3, -0.25) is 4.79 Å². The Bertz CT molecular complexity index is 684. The average molecular weight is 363 g/mol. The van der Waals surface area contributed by atoms with Crippen LogP contribution in [0.15, 0.2) is 52.0 Å². The van der Waals surface area contributed by atoms with Gasteiger partial charge in [0, 0.05) is 15.6 Å². The Morgan fingerprint density at radius 3 is 2.36 bits per heavy atom. The van der Waals surface area contributed by atoms with E-state index in [0.29, 0.717) is 17.1 Å². The van der Waals surface area contributed by atoms with Crippen LogP contribution in [-0.2, 0) is 0 Å². The molecular weight excluding hydrogens is 348 g/mol. The molecule has 0 aliphatic carbocycles. The first-order valence-electron chi connectivity index (χ1n) is 6.45. The maximum absolute atomic E-state index is 11.9. The van der Waals surface area contributed by atoms with Crippen molar-refractivity contribution in [2.24, 2.45) is 5.10 Å². The van der Waals surface area contributed by atoms with E-state index in [1.807, 2.05) is 18.2 Å². The van der Waals surface area contributed by atoms with Gasteiger partial charge in [-0.25, -0.2) is 5.43 Å². The fraction of sp³-hybridized carbons (Fsp3) is 0.125. The molecule has 0 bridgehead atoms. The molecule has 1 N–H and O–H groups in total. The number of nitrogens with zero attached hydrogens (tertiary/aromatic N) is 1. The van der Waals surface area contributed by atoms with Crippen LogP contribution in [0.1, 0.15) is 15.9 Å². The molecule has 0 saturated heterocycles. The van der Waals surface area contributed by atoms with Gasteiger partial charge in [-0.05, 0) is 42.5 Å². The standard InChI is InChI=1S/C16H15BrN2O3/c1-21-13-5-3-11(4-6-13)16(20)19-18-10-12-9-14(22-2)7-8-15(12)17/h3-10H,1-2H3,(H,19,20)/b18-10-. The van der Waals surface area contributed by atoms with E-state index in [1.54, 1.807) is 44.7 Å². The molecule has 22 heavy (non-hydrogen) atoms. The minimum Gasteiger partial charge on any atom is -0.497 e. The fourth-order valence-electron chi connectivity index (χ4n) is 1.72. The van der Waals surface area contributed by atoms with Crippen LogP contribution in [0.5, 0.6) is 11.5 Å². The van der Waals surface area contributed by atoms with Crippen LogP contribution in [0.4, 0.5) is 0 Å². The number of ether oxygens (including phenoxy) is 2. The van der Waals surface area contributed by atoms with Crippen molar-refractivity contribution in [3.63, 3.8) is 0 Å². The molecule has 2 aromatic carbocycles. The van der Waals surface area contributed by atoms with Gasteiger partial charge in [-0.15, -0.1) is 0 Å². The molecule has 0 aliphatic rings. The van der Waals surface area contributed by atoms with Gasteiger partial charge in [0.25, 0.3) is 5.91 Å². The third-order valence-corrected chi connectivity index (χ3v) is 3.65. The van der Waals surface area contributed by atoms with Crippen molar-refractivity contribution in [1.29, 1.82) is 0 Å². The summed E-state index contributed by atoms with van der Waals surface area (Å²) in [6, 6.07) is 12.3. The average Bonchev–Trinajstić information content (AvgIpc) is 2.56. The van der Waals surface area contributed by atoms with E-state index in [2.05, 4.69) is 26.5 Å². The summed E-state index contributed by atoms with van der Waals surface area (Å²) in [5.41, 5.74) is 3.78. The lowest BCUT2D eigenvalue weighted by atomic mass is 10.2. The number of amides is 1. The summed E-state index contributed by atoms with van der Waals surface area (Å²) in [6.45, 7) is 0. The maximum Gasteiger partial charge on any atom is 0.271 e. The van der Waals surface area contributed by atoms with Crippen LogP contribution in [0.2, 0.25) is 0 Å². The molecule has 0 aromatic heterocycles. The molecule has 0 atom stereocenters. The molecule has 2 rings (SSSR count). The van der Waals surface area contributed by atoms with Gasteiger partial charge in [0.15, 0.2) is 0 Å². The van der Waals surface area contributed by atoms with Crippen molar-refractivity contribution in [2.45, 2.75) is 0 Å². The van der Waals surface area contributed by atoms with E-state index in [9.17, 15) is 4.79 Å². The molecule has 0 fully saturated rings. The number of methoxy groups -OCH3 is 2. The lowest BCUT2D eigenvalue weighted by molar-refractivity contribution is 0.0955. The molecule has 114 valence electrons. The summed E-state index contributed by atoms with van der Waals surface area (Å²) in [5.74, 6) is 1.12. The smallest absolute Gasteiger partial charge is 0.271 e. The van der Waals surface area contributed by atoms with Crippen LogP contribution >= 0.6 is 15.9 Å². The monoisotopic (exact) mass is 362 g/mol. The van der Waals surface area contributed by atoms with E-state index in [1.165, 1.54) is 0 Å². The first-order chi connectivity index (χ1) is 10.6. The first-order valence-corrected chi connectivity index (χ1v) is 7.24. The summed E-state index contributed by atoms with van der Waals surface area (Å²) in [7, 11) is 3.17. The quantitative estimate of drug-likeness (QED) is 0.656. The molecule has 6 heteroatoms. The molecule has 2 aromatic rings. The van der Waals surface area contributed by atoms with Crippen molar-refractivity contribution in [2.75, 3.05) is 14.2 Å². The maximum atomic E-state index is 11.9. The lowest BCUT2D eigenvalue weighted by Crippen LogP contribution is -2.17. The Morgan fingerprint density at radius 1 is 1.09 bits per heavy atom. The Kier molecular flexibility index (Phi) is 5.55. The second-order valence-electron chi connectivity index (χ2n) is 4.32. The van der Waals surface area contributed by atoms with Gasteiger partial charge in [0.2, 0.25) is 0 Å². The third kappa shape index (κ3) is 4.08. The van der Waals surface area contributed by atoms with E-state index in [-0.39, 0.29) is 5.91 Å². The van der Waals surface area contributed by atoms with Crippen molar-refractivity contribution in [3.8, 4) is 11.5 Å². The molecule has 0 radical (unpaired) electrons. The molecule has 5 nitrogen and oxygen atoms in total.